The van der Waals surface area contributed by atoms with Gasteiger partial charge in [-0.1, -0.05) is 0 Å². The first-order valence-electron chi connectivity index (χ1n) is 4.59. The van der Waals surface area contributed by atoms with Crippen LogP contribution in [0.1, 0.15) is 12.0 Å². The molecule has 0 spiro atoms. The first-order chi connectivity index (χ1) is 7.93. The summed E-state index contributed by atoms with van der Waals surface area (Å²) in [7, 11) is 0. The highest BCUT2D eigenvalue weighted by Gasteiger charge is 2.30. The molecule has 0 fully saturated rings. The molecule has 4 nitrogen and oxygen atoms in total. The van der Waals surface area contributed by atoms with E-state index in [4.69, 9.17) is 5.84 Å². The third kappa shape index (κ3) is 4.61. The fourth-order valence-electron chi connectivity index (χ4n) is 0.954. The van der Waals surface area contributed by atoms with Crippen molar-refractivity contribution in [3.05, 3.63) is 23.9 Å². The molecule has 1 amide bonds. The van der Waals surface area contributed by atoms with Crippen LogP contribution in [0.25, 0.3) is 0 Å². The van der Waals surface area contributed by atoms with E-state index in [-0.39, 0.29) is 12.3 Å². The van der Waals surface area contributed by atoms with Gasteiger partial charge in [-0.15, -0.1) is 11.8 Å². The predicted octanol–water partition coefficient (Wildman–Crippen LogP) is 1.57. The summed E-state index contributed by atoms with van der Waals surface area (Å²) in [5, 5.41) is 0.433. The van der Waals surface area contributed by atoms with E-state index in [1.807, 2.05) is 5.43 Å². The van der Waals surface area contributed by atoms with Crippen LogP contribution in [-0.4, -0.2) is 16.6 Å². The molecule has 0 aliphatic carbocycles. The molecule has 0 saturated heterocycles. The lowest BCUT2D eigenvalue weighted by Crippen LogP contribution is -2.30. The number of nitrogens with two attached hydrogens (primary N) is 1. The van der Waals surface area contributed by atoms with Crippen LogP contribution in [0.4, 0.5) is 13.2 Å². The highest BCUT2D eigenvalue weighted by Crippen LogP contribution is 2.29. The summed E-state index contributed by atoms with van der Waals surface area (Å²) in [6.07, 6.45) is -3.43. The van der Waals surface area contributed by atoms with Crippen molar-refractivity contribution < 1.29 is 18.0 Å². The van der Waals surface area contributed by atoms with Gasteiger partial charge >= 0.3 is 6.18 Å². The lowest BCUT2D eigenvalue weighted by atomic mass is 10.3. The molecule has 0 aliphatic rings. The minimum absolute atomic E-state index is 0.184. The van der Waals surface area contributed by atoms with E-state index in [1.165, 1.54) is 17.8 Å². The van der Waals surface area contributed by atoms with E-state index >= 15 is 0 Å². The van der Waals surface area contributed by atoms with Crippen LogP contribution in [0.15, 0.2) is 23.4 Å². The molecule has 8 heteroatoms. The topological polar surface area (TPSA) is 68.0 Å². The van der Waals surface area contributed by atoms with Crippen molar-refractivity contribution in [2.24, 2.45) is 5.84 Å². The molecule has 0 bridgehead atoms. The van der Waals surface area contributed by atoms with Crippen LogP contribution in [-0.2, 0) is 11.0 Å². The van der Waals surface area contributed by atoms with Gasteiger partial charge in [0.1, 0.15) is 0 Å². The number of thioether (sulfide) groups is 1. The molecule has 0 aromatic carbocycles. The quantitative estimate of drug-likeness (QED) is 0.375. The molecule has 1 aromatic heterocycles. The average Bonchev–Trinajstić information content (AvgIpc) is 2.28. The third-order valence-corrected chi connectivity index (χ3v) is 2.75. The summed E-state index contributed by atoms with van der Waals surface area (Å²) in [4.78, 5) is 14.4. The van der Waals surface area contributed by atoms with Crippen molar-refractivity contribution in [2.45, 2.75) is 17.6 Å². The number of rotatable bonds is 4. The Hall–Kier alpha value is -1.28. The van der Waals surface area contributed by atoms with E-state index < -0.39 is 11.7 Å². The van der Waals surface area contributed by atoms with E-state index in [9.17, 15) is 18.0 Å². The number of aromatic nitrogens is 1. The Bertz CT molecular complexity index is 380. The molecule has 1 rings (SSSR count). The van der Waals surface area contributed by atoms with Crippen molar-refractivity contribution in [1.82, 2.24) is 10.4 Å². The number of hydrogen-bond donors (Lipinski definition) is 2. The SMILES string of the molecule is NNC(=O)CCSc1ccc(C(F)(F)F)cn1. The summed E-state index contributed by atoms with van der Waals surface area (Å²) in [5.74, 6) is 4.94. The van der Waals surface area contributed by atoms with Gasteiger partial charge in [0.25, 0.3) is 0 Å². The van der Waals surface area contributed by atoms with Gasteiger partial charge in [0, 0.05) is 18.4 Å². The Labute approximate surface area is 99.8 Å². The average molecular weight is 265 g/mol. The Morgan fingerprint density at radius 3 is 2.65 bits per heavy atom. The first-order valence-corrected chi connectivity index (χ1v) is 5.57. The molecular weight excluding hydrogens is 255 g/mol. The van der Waals surface area contributed by atoms with Crippen molar-refractivity contribution in [1.29, 1.82) is 0 Å². The maximum absolute atomic E-state index is 12.2. The maximum atomic E-state index is 12.2. The lowest BCUT2D eigenvalue weighted by Gasteiger charge is -2.06. The number of hydrazine groups is 1. The van der Waals surface area contributed by atoms with Crippen LogP contribution < -0.4 is 11.3 Å². The zero-order valence-electron chi connectivity index (χ0n) is 8.62. The molecule has 0 atom stereocenters. The number of hydrogen-bond acceptors (Lipinski definition) is 4. The highest BCUT2D eigenvalue weighted by atomic mass is 32.2. The second-order valence-corrected chi connectivity index (χ2v) is 4.16. The van der Waals surface area contributed by atoms with Crippen molar-refractivity contribution in [3.8, 4) is 0 Å². The Balaban J connectivity index is 2.49. The molecule has 1 heterocycles. The van der Waals surface area contributed by atoms with E-state index in [2.05, 4.69) is 4.98 Å². The number of alkyl halides is 3. The van der Waals surface area contributed by atoms with Crippen LogP contribution in [0, 0.1) is 0 Å². The number of pyridine rings is 1. The fraction of sp³-hybridized carbons (Fsp3) is 0.333. The molecule has 1 aromatic rings. The normalized spacial score (nSPS) is 11.3. The van der Waals surface area contributed by atoms with Crippen molar-refractivity contribution in [2.75, 3.05) is 5.75 Å². The predicted molar refractivity (Wildman–Crippen MR) is 56.9 cm³/mol. The van der Waals surface area contributed by atoms with Gasteiger partial charge in [0.2, 0.25) is 5.91 Å². The molecule has 0 radical (unpaired) electrons. The van der Waals surface area contributed by atoms with Crippen molar-refractivity contribution in [3.63, 3.8) is 0 Å². The van der Waals surface area contributed by atoms with Gasteiger partial charge in [0.15, 0.2) is 0 Å². The fourth-order valence-corrected chi connectivity index (χ4v) is 1.74. The van der Waals surface area contributed by atoms with Gasteiger partial charge in [-0.2, -0.15) is 13.2 Å². The standard InChI is InChI=1S/C9H10F3N3OS/c10-9(11,12)6-1-2-8(14-5-6)17-4-3-7(16)15-13/h1-2,5H,3-4,13H2,(H,15,16). The van der Waals surface area contributed by atoms with Gasteiger partial charge in [-0.25, -0.2) is 10.8 Å². The number of carbonyl (C=O) groups excluding carboxylic acids is 1. The number of halogens is 3. The second kappa shape index (κ2) is 5.87. The number of nitrogens with zero attached hydrogens (tertiary/aromatic N) is 1. The monoisotopic (exact) mass is 265 g/mol. The summed E-state index contributed by atoms with van der Waals surface area (Å²) >= 11 is 1.19. The second-order valence-electron chi connectivity index (χ2n) is 3.05. The van der Waals surface area contributed by atoms with Crippen molar-refractivity contribution >= 4 is 17.7 Å². The van der Waals surface area contributed by atoms with E-state index in [1.54, 1.807) is 0 Å². The van der Waals surface area contributed by atoms with Gasteiger partial charge in [0.05, 0.1) is 10.6 Å². The van der Waals surface area contributed by atoms with Gasteiger partial charge in [-0.3, -0.25) is 10.2 Å². The molecule has 17 heavy (non-hydrogen) atoms. The van der Waals surface area contributed by atoms with E-state index in [0.29, 0.717) is 10.8 Å². The Morgan fingerprint density at radius 1 is 1.47 bits per heavy atom. The first kappa shape index (κ1) is 13.8. The third-order valence-electron chi connectivity index (χ3n) is 1.80. The van der Waals surface area contributed by atoms with Gasteiger partial charge < -0.3 is 0 Å². The van der Waals surface area contributed by atoms with E-state index in [0.717, 1.165) is 12.3 Å². The number of amides is 1. The zero-order valence-corrected chi connectivity index (χ0v) is 9.44. The largest absolute Gasteiger partial charge is 0.417 e. The minimum Gasteiger partial charge on any atom is -0.294 e. The van der Waals surface area contributed by atoms with Gasteiger partial charge in [-0.05, 0) is 12.1 Å². The summed E-state index contributed by atoms with van der Waals surface area (Å²) in [6, 6.07) is 2.23. The molecule has 94 valence electrons. The Kier molecular flexibility index (Phi) is 4.76. The summed E-state index contributed by atoms with van der Waals surface area (Å²) in [5.41, 5.74) is 1.17. The molecule has 0 unspecified atom stereocenters. The van der Waals surface area contributed by atoms with Crippen LogP contribution in [0.2, 0.25) is 0 Å². The summed E-state index contributed by atoms with van der Waals surface area (Å²) in [6.45, 7) is 0. The lowest BCUT2D eigenvalue weighted by molar-refractivity contribution is -0.137. The van der Waals surface area contributed by atoms with Crippen LogP contribution >= 0.6 is 11.8 Å². The van der Waals surface area contributed by atoms with Crippen LogP contribution in [0.5, 0.6) is 0 Å². The molecule has 0 aliphatic heterocycles. The molecular formula is C9H10F3N3OS. The maximum Gasteiger partial charge on any atom is 0.417 e. The minimum atomic E-state index is -4.38. The number of nitrogens with one attached hydrogen (secondary N) is 1. The van der Waals surface area contributed by atoms with Crippen LogP contribution in [0.3, 0.4) is 0 Å². The molecule has 0 saturated carbocycles. The smallest absolute Gasteiger partial charge is 0.294 e. The Morgan fingerprint density at radius 2 is 2.18 bits per heavy atom. The summed E-state index contributed by atoms with van der Waals surface area (Å²) < 4.78 is 36.6. The highest BCUT2D eigenvalue weighted by molar-refractivity contribution is 7.99. The zero-order chi connectivity index (χ0) is 12.9. The molecule has 3 N–H and O–H groups in total. The number of carbonyl (C=O) groups is 1.